The molecule has 1 atom stereocenters. The summed E-state index contributed by atoms with van der Waals surface area (Å²) in [5, 5.41) is 0.950. The number of aromatic nitrogens is 2. The van der Waals surface area contributed by atoms with E-state index < -0.39 is 12.7 Å². The van der Waals surface area contributed by atoms with Gasteiger partial charge >= 0.3 is 13.2 Å². The predicted octanol–water partition coefficient (Wildman–Crippen LogP) is 2.88. The van der Waals surface area contributed by atoms with Crippen molar-refractivity contribution in [2.24, 2.45) is 0 Å². The maximum Gasteiger partial charge on any atom is 0.498 e. The fraction of sp³-hybridized carbons (Fsp3) is 0.737. The van der Waals surface area contributed by atoms with Crippen LogP contribution in [0.4, 0.5) is 4.79 Å². The predicted molar refractivity (Wildman–Crippen MR) is 110 cm³/mol. The van der Waals surface area contributed by atoms with Gasteiger partial charge in [-0.15, -0.1) is 0 Å². The van der Waals surface area contributed by atoms with E-state index in [1.54, 1.807) is 29.1 Å². The first kappa shape index (κ1) is 21.4. The molecule has 3 heterocycles. The molecule has 0 N–H and O–H groups in total. The molecule has 0 aliphatic carbocycles. The van der Waals surface area contributed by atoms with Crippen LogP contribution in [0.15, 0.2) is 17.6 Å². The van der Waals surface area contributed by atoms with Gasteiger partial charge < -0.3 is 18.9 Å². The van der Waals surface area contributed by atoms with E-state index in [-0.39, 0.29) is 22.5 Å². The minimum Gasteiger partial charge on any atom is -0.444 e. The molecule has 2 aliphatic rings. The lowest BCUT2D eigenvalue weighted by atomic mass is 9.81. The Morgan fingerprint density at radius 2 is 1.79 bits per heavy atom. The van der Waals surface area contributed by atoms with Crippen molar-refractivity contribution in [3.63, 3.8) is 0 Å². The molecule has 2 fully saturated rings. The lowest BCUT2D eigenvalue weighted by Crippen LogP contribution is -2.41. The molecule has 1 amide bonds. The van der Waals surface area contributed by atoms with Crippen LogP contribution in [0.5, 0.6) is 0 Å². The highest BCUT2D eigenvalue weighted by Crippen LogP contribution is 2.36. The Balaban J connectivity index is 1.55. The first-order valence-corrected chi connectivity index (χ1v) is 10.6. The molecular formula is C19H30BN3O4S. The van der Waals surface area contributed by atoms with Gasteiger partial charge in [0, 0.05) is 36.2 Å². The molecule has 7 nitrogen and oxygen atoms in total. The molecule has 0 bridgehead atoms. The van der Waals surface area contributed by atoms with Crippen molar-refractivity contribution < 1.29 is 18.8 Å². The monoisotopic (exact) mass is 407 g/mol. The van der Waals surface area contributed by atoms with Crippen molar-refractivity contribution in [1.82, 2.24) is 14.9 Å². The van der Waals surface area contributed by atoms with Crippen LogP contribution in [0, 0.1) is 0 Å². The number of nitrogens with zero attached hydrogens (tertiary/aromatic N) is 3. The zero-order valence-corrected chi connectivity index (χ0v) is 18.6. The molecule has 0 radical (unpaired) electrons. The summed E-state index contributed by atoms with van der Waals surface area (Å²) in [5.41, 5.74) is -0.445. The van der Waals surface area contributed by atoms with Gasteiger partial charge in [0.1, 0.15) is 5.60 Å². The zero-order valence-electron chi connectivity index (χ0n) is 17.8. The van der Waals surface area contributed by atoms with Crippen LogP contribution in [0.3, 0.4) is 0 Å². The molecule has 0 saturated carbocycles. The average molecular weight is 407 g/mol. The number of likely N-dealkylation sites (tertiary alicyclic amines) is 1. The summed E-state index contributed by atoms with van der Waals surface area (Å²) in [7, 11) is -0.460. The highest BCUT2D eigenvalue weighted by molar-refractivity contribution is 7.99. The third-order valence-electron chi connectivity index (χ3n) is 5.24. The fourth-order valence-corrected chi connectivity index (χ4v) is 3.96. The van der Waals surface area contributed by atoms with Gasteiger partial charge in [-0.05, 0) is 54.9 Å². The minimum absolute atomic E-state index is 0.257. The Bertz CT molecular complexity index is 705. The molecule has 3 rings (SSSR count). The van der Waals surface area contributed by atoms with Crippen molar-refractivity contribution in [1.29, 1.82) is 0 Å². The molecular weight excluding hydrogens is 377 g/mol. The van der Waals surface area contributed by atoms with Crippen LogP contribution in [0.25, 0.3) is 0 Å². The minimum atomic E-state index is -0.477. The summed E-state index contributed by atoms with van der Waals surface area (Å²) >= 11 is 1.59. The molecule has 2 aliphatic heterocycles. The highest BCUT2D eigenvalue weighted by atomic mass is 32.2. The van der Waals surface area contributed by atoms with Gasteiger partial charge in [-0.3, -0.25) is 0 Å². The summed E-state index contributed by atoms with van der Waals surface area (Å²) in [6.07, 6.45) is 4.16. The summed E-state index contributed by atoms with van der Waals surface area (Å²) in [5.74, 6) is 0. The summed E-state index contributed by atoms with van der Waals surface area (Å²) < 4.78 is 17.5. The molecule has 1 aromatic rings. The topological polar surface area (TPSA) is 73.8 Å². The Labute approximate surface area is 172 Å². The fourth-order valence-electron chi connectivity index (χ4n) is 2.95. The van der Waals surface area contributed by atoms with Crippen LogP contribution in [-0.2, 0) is 14.0 Å². The van der Waals surface area contributed by atoms with E-state index in [1.165, 1.54) is 0 Å². The number of hydrogen-bond acceptors (Lipinski definition) is 7. The van der Waals surface area contributed by atoms with E-state index >= 15 is 0 Å². The van der Waals surface area contributed by atoms with E-state index in [4.69, 9.17) is 14.0 Å². The number of amides is 1. The quantitative estimate of drug-likeness (QED) is 0.564. The van der Waals surface area contributed by atoms with E-state index in [0.717, 1.165) is 11.9 Å². The third kappa shape index (κ3) is 4.80. The van der Waals surface area contributed by atoms with E-state index in [9.17, 15) is 4.79 Å². The second kappa shape index (κ2) is 7.50. The van der Waals surface area contributed by atoms with Gasteiger partial charge in [0.05, 0.1) is 11.2 Å². The van der Waals surface area contributed by atoms with Crippen molar-refractivity contribution >= 4 is 30.4 Å². The lowest BCUT2D eigenvalue weighted by Gasteiger charge is -2.32. The van der Waals surface area contributed by atoms with Crippen LogP contribution in [0.1, 0.15) is 54.9 Å². The van der Waals surface area contributed by atoms with E-state index in [2.05, 4.69) is 9.97 Å². The zero-order chi connectivity index (χ0) is 20.7. The SMILES string of the molecule is CC(C)(C)OC(=O)N1CC[C@@H](Sc2ncc(B3OC(C)(C)C(C)(C)O3)cn2)C1. The first-order valence-electron chi connectivity index (χ1n) is 9.68. The largest absolute Gasteiger partial charge is 0.498 e. The molecule has 0 aromatic carbocycles. The standard InChI is InChI=1S/C19H30BN3O4S/c1-17(2,3)25-16(24)23-9-8-14(12-23)28-15-21-10-13(11-22-15)20-26-18(4,5)19(6,7)27-20/h10-11,14H,8-9,12H2,1-7H3/t14-/m1/s1. The van der Waals surface area contributed by atoms with Gasteiger partial charge in [0.15, 0.2) is 5.16 Å². The normalized spacial score (nSPS) is 23.9. The van der Waals surface area contributed by atoms with Gasteiger partial charge in [0.25, 0.3) is 0 Å². The number of ether oxygens (including phenoxy) is 1. The molecule has 0 spiro atoms. The van der Waals surface area contributed by atoms with Crippen LogP contribution < -0.4 is 5.46 Å². The van der Waals surface area contributed by atoms with Crippen LogP contribution in [0.2, 0.25) is 0 Å². The van der Waals surface area contributed by atoms with E-state index in [0.29, 0.717) is 18.2 Å². The van der Waals surface area contributed by atoms with Crippen molar-refractivity contribution in [2.75, 3.05) is 13.1 Å². The maximum absolute atomic E-state index is 12.2. The van der Waals surface area contributed by atoms with Gasteiger partial charge in [-0.25, -0.2) is 14.8 Å². The van der Waals surface area contributed by atoms with Crippen LogP contribution >= 0.6 is 11.8 Å². The number of carbonyl (C=O) groups excluding carboxylic acids is 1. The average Bonchev–Trinajstić information content (AvgIpc) is 3.09. The molecule has 0 unspecified atom stereocenters. The Hall–Kier alpha value is -1.32. The molecule has 28 heavy (non-hydrogen) atoms. The Morgan fingerprint density at radius 1 is 1.21 bits per heavy atom. The third-order valence-corrected chi connectivity index (χ3v) is 6.38. The second-order valence-electron chi connectivity index (χ2n) is 9.34. The smallest absolute Gasteiger partial charge is 0.444 e. The Kier molecular flexibility index (Phi) is 5.73. The molecule has 2 saturated heterocycles. The summed E-state index contributed by atoms with van der Waals surface area (Å²) in [6, 6.07) is 0. The van der Waals surface area contributed by atoms with Gasteiger partial charge in [-0.1, -0.05) is 11.8 Å². The van der Waals surface area contributed by atoms with Crippen molar-refractivity contribution in [2.45, 2.75) is 82.1 Å². The van der Waals surface area contributed by atoms with Crippen molar-refractivity contribution in [3.05, 3.63) is 12.4 Å². The maximum atomic E-state index is 12.2. The van der Waals surface area contributed by atoms with Gasteiger partial charge in [-0.2, -0.15) is 0 Å². The number of rotatable bonds is 3. The summed E-state index contributed by atoms with van der Waals surface area (Å²) in [4.78, 5) is 22.9. The molecule has 9 heteroatoms. The second-order valence-corrected chi connectivity index (χ2v) is 10.6. The number of thioether (sulfide) groups is 1. The number of hydrogen-bond donors (Lipinski definition) is 0. The van der Waals surface area contributed by atoms with Crippen LogP contribution in [-0.4, -0.2) is 63.2 Å². The first-order chi connectivity index (χ1) is 12.9. The van der Waals surface area contributed by atoms with E-state index in [1.807, 2.05) is 48.5 Å². The Morgan fingerprint density at radius 3 is 2.32 bits per heavy atom. The van der Waals surface area contributed by atoms with Crippen molar-refractivity contribution in [3.8, 4) is 0 Å². The molecule has 154 valence electrons. The summed E-state index contributed by atoms with van der Waals surface area (Å²) in [6.45, 7) is 15.1. The number of carbonyl (C=O) groups is 1. The van der Waals surface area contributed by atoms with Gasteiger partial charge in [0.2, 0.25) is 0 Å². The lowest BCUT2D eigenvalue weighted by molar-refractivity contribution is 0.00578. The molecule has 1 aromatic heterocycles. The highest BCUT2D eigenvalue weighted by Gasteiger charge is 2.52.